The monoisotopic (exact) mass is 292 g/mol. The molecule has 0 fully saturated rings. The molecule has 2 N–H and O–H groups in total. The topological polar surface area (TPSA) is 48.1 Å². The van der Waals surface area contributed by atoms with Gasteiger partial charge in [-0.1, -0.05) is 28.1 Å². The van der Waals surface area contributed by atoms with Crippen LogP contribution in [0.15, 0.2) is 53.3 Å². The van der Waals surface area contributed by atoms with Crippen LogP contribution in [0.2, 0.25) is 0 Å². The normalized spacial score (nSPS) is 12.1. The van der Waals surface area contributed by atoms with E-state index in [-0.39, 0.29) is 6.10 Å². The molecule has 0 radical (unpaired) electrons. The molecule has 0 aliphatic rings. The molecule has 3 nitrogen and oxygen atoms in total. The largest absolute Gasteiger partial charge is 0.484 e. The van der Waals surface area contributed by atoms with Gasteiger partial charge >= 0.3 is 0 Å². The molecule has 1 unspecified atom stereocenters. The molecule has 88 valence electrons. The Bertz CT molecular complexity index is 476. The molecule has 0 saturated carbocycles. The Kier molecular flexibility index (Phi) is 4.12. The number of benzene rings is 1. The number of nitrogens with two attached hydrogens (primary N) is 1. The maximum absolute atomic E-state index is 5.84. The molecule has 1 heterocycles. The van der Waals surface area contributed by atoms with Crippen LogP contribution in [-0.2, 0) is 0 Å². The third kappa shape index (κ3) is 3.28. The maximum Gasteiger partial charge on any atom is 0.137 e. The molecule has 0 saturated heterocycles. The molecule has 2 aromatic rings. The molecular weight excluding hydrogens is 280 g/mol. The van der Waals surface area contributed by atoms with E-state index in [2.05, 4.69) is 20.9 Å². The molecule has 1 aromatic carbocycles. The van der Waals surface area contributed by atoms with E-state index in [0.717, 1.165) is 15.8 Å². The zero-order valence-corrected chi connectivity index (χ0v) is 10.8. The Balaban J connectivity index is 2.16. The second-order valence-electron chi connectivity index (χ2n) is 3.59. The average molecular weight is 293 g/mol. The molecule has 4 heteroatoms. The number of pyridine rings is 1. The van der Waals surface area contributed by atoms with Gasteiger partial charge in [-0.3, -0.25) is 4.98 Å². The van der Waals surface area contributed by atoms with Crippen molar-refractivity contribution < 1.29 is 4.74 Å². The summed E-state index contributed by atoms with van der Waals surface area (Å²) in [7, 11) is 0. The van der Waals surface area contributed by atoms with Crippen LogP contribution in [0.5, 0.6) is 5.75 Å². The van der Waals surface area contributed by atoms with Crippen molar-refractivity contribution in [2.45, 2.75) is 6.10 Å². The highest BCUT2D eigenvalue weighted by Gasteiger charge is 2.11. The third-order valence-corrected chi connectivity index (χ3v) is 2.84. The minimum absolute atomic E-state index is 0.169. The van der Waals surface area contributed by atoms with Crippen LogP contribution >= 0.6 is 15.9 Å². The highest BCUT2D eigenvalue weighted by atomic mass is 79.9. The summed E-state index contributed by atoms with van der Waals surface area (Å²) in [6.07, 6.45) is 3.34. The Morgan fingerprint density at radius 3 is 2.82 bits per heavy atom. The fraction of sp³-hybridized carbons (Fsp3) is 0.154. The van der Waals surface area contributed by atoms with Gasteiger partial charge in [-0.05, 0) is 24.3 Å². The van der Waals surface area contributed by atoms with Gasteiger partial charge in [0.25, 0.3) is 0 Å². The highest BCUT2D eigenvalue weighted by Crippen LogP contribution is 2.23. The Labute approximate surface area is 109 Å². The van der Waals surface area contributed by atoms with Gasteiger partial charge in [0, 0.05) is 29.0 Å². The SMILES string of the molecule is NCC(Oc1cccc(Br)c1)c1cccnc1. The maximum atomic E-state index is 5.84. The summed E-state index contributed by atoms with van der Waals surface area (Å²) in [6, 6.07) is 11.5. The molecule has 0 amide bonds. The molecule has 0 aliphatic carbocycles. The summed E-state index contributed by atoms with van der Waals surface area (Å²) < 4.78 is 6.82. The van der Waals surface area contributed by atoms with E-state index in [0.29, 0.717) is 6.54 Å². The number of hydrogen-bond donors (Lipinski definition) is 1. The Hall–Kier alpha value is -1.39. The number of aromatic nitrogens is 1. The van der Waals surface area contributed by atoms with E-state index < -0.39 is 0 Å². The Morgan fingerprint density at radius 2 is 2.18 bits per heavy atom. The van der Waals surface area contributed by atoms with Crippen LogP contribution in [-0.4, -0.2) is 11.5 Å². The summed E-state index contributed by atoms with van der Waals surface area (Å²) in [5.41, 5.74) is 6.71. The summed E-state index contributed by atoms with van der Waals surface area (Å²) >= 11 is 3.41. The average Bonchev–Trinajstić information content (AvgIpc) is 2.37. The molecular formula is C13H13BrN2O. The van der Waals surface area contributed by atoms with E-state index >= 15 is 0 Å². The standard InChI is InChI=1S/C13H13BrN2O/c14-11-4-1-5-12(7-11)17-13(8-15)10-3-2-6-16-9-10/h1-7,9,13H,8,15H2. The second-order valence-corrected chi connectivity index (χ2v) is 4.50. The number of rotatable bonds is 4. The van der Waals surface area contributed by atoms with Crippen molar-refractivity contribution in [3.63, 3.8) is 0 Å². The van der Waals surface area contributed by atoms with Crippen LogP contribution in [0, 0.1) is 0 Å². The predicted molar refractivity (Wildman–Crippen MR) is 70.8 cm³/mol. The fourth-order valence-corrected chi connectivity index (χ4v) is 1.90. The summed E-state index contributed by atoms with van der Waals surface area (Å²) in [5.74, 6) is 0.790. The van der Waals surface area contributed by atoms with E-state index in [1.165, 1.54) is 0 Å². The van der Waals surface area contributed by atoms with Crippen molar-refractivity contribution in [1.82, 2.24) is 4.98 Å². The molecule has 1 aromatic heterocycles. The number of nitrogens with zero attached hydrogens (tertiary/aromatic N) is 1. The third-order valence-electron chi connectivity index (χ3n) is 2.34. The lowest BCUT2D eigenvalue weighted by Crippen LogP contribution is -2.18. The Morgan fingerprint density at radius 1 is 1.29 bits per heavy atom. The van der Waals surface area contributed by atoms with Crippen LogP contribution < -0.4 is 10.5 Å². The molecule has 2 rings (SSSR count). The van der Waals surface area contributed by atoms with Gasteiger partial charge in [0.1, 0.15) is 11.9 Å². The first kappa shape index (κ1) is 12.1. The molecule has 1 atom stereocenters. The lowest BCUT2D eigenvalue weighted by Gasteiger charge is -2.17. The number of halogens is 1. The van der Waals surface area contributed by atoms with Crippen molar-refractivity contribution in [2.75, 3.05) is 6.54 Å². The van der Waals surface area contributed by atoms with Gasteiger partial charge in [0.2, 0.25) is 0 Å². The molecule has 17 heavy (non-hydrogen) atoms. The van der Waals surface area contributed by atoms with Crippen LogP contribution in [0.3, 0.4) is 0 Å². The first-order chi connectivity index (χ1) is 8.29. The molecule has 0 aliphatic heterocycles. The zero-order chi connectivity index (χ0) is 12.1. The van der Waals surface area contributed by atoms with Gasteiger partial charge in [-0.15, -0.1) is 0 Å². The van der Waals surface area contributed by atoms with Crippen LogP contribution in [0.1, 0.15) is 11.7 Å². The van der Waals surface area contributed by atoms with E-state index in [9.17, 15) is 0 Å². The van der Waals surface area contributed by atoms with Crippen molar-refractivity contribution in [1.29, 1.82) is 0 Å². The summed E-state index contributed by atoms with van der Waals surface area (Å²) in [6.45, 7) is 0.415. The molecule has 0 bridgehead atoms. The number of hydrogen-bond acceptors (Lipinski definition) is 3. The van der Waals surface area contributed by atoms with Gasteiger partial charge in [0.05, 0.1) is 0 Å². The van der Waals surface area contributed by atoms with Gasteiger partial charge < -0.3 is 10.5 Å². The quantitative estimate of drug-likeness (QED) is 0.943. The van der Waals surface area contributed by atoms with Crippen molar-refractivity contribution in [2.24, 2.45) is 5.73 Å². The second kappa shape index (κ2) is 5.80. The van der Waals surface area contributed by atoms with Crippen molar-refractivity contribution >= 4 is 15.9 Å². The first-order valence-electron chi connectivity index (χ1n) is 5.32. The van der Waals surface area contributed by atoms with Crippen LogP contribution in [0.4, 0.5) is 0 Å². The fourth-order valence-electron chi connectivity index (χ4n) is 1.52. The van der Waals surface area contributed by atoms with Gasteiger partial charge in [0.15, 0.2) is 0 Å². The molecule has 0 spiro atoms. The minimum atomic E-state index is -0.169. The van der Waals surface area contributed by atoms with E-state index in [1.807, 2.05) is 36.4 Å². The minimum Gasteiger partial charge on any atom is -0.484 e. The summed E-state index contributed by atoms with van der Waals surface area (Å²) in [5, 5.41) is 0. The summed E-state index contributed by atoms with van der Waals surface area (Å²) in [4.78, 5) is 4.07. The van der Waals surface area contributed by atoms with Crippen molar-refractivity contribution in [3.05, 3.63) is 58.8 Å². The van der Waals surface area contributed by atoms with Gasteiger partial charge in [-0.2, -0.15) is 0 Å². The highest BCUT2D eigenvalue weighted by molar-refractivity contribution is 9.10. The predicted octanol–water partition coefficient (Wildman–Crippen LogP) is 2.92. The van der Waals surface area contributed by atoms with Crippen LogP contribution in [0.25, 0.3) is 0 Å². The van der Waals surface area contributed by atoms with E-state index in [1.54, 1.807) is 12.4 Å². The van der Waals surface area contributed by atoms with Crippen molar-refractivity contribution in [3.8, 4) is 5.75 Å². The lowest BCUT2D eigenvalue weighted by atomic mass is 10.1. The van der Waals surface area contributed by atoms with Gasteiger partial charge in [-0.25, -0.2) is 0 Å². The first-order valence-corrected chi connectivity index (χ1v) is 6.11. The van der Waals surface area contributed by atoms with E-state index in [4.69, 9.17) is 10.5 Å². The smallest absolute Gasteiger partial charge is 0.137 e. The number of ether oxygens (including phenoxy) is 1. The lowest BCUT2D eigenvalue weighted by molar-refractivity contribution is 0.213. The zero-order valence-electron chi connectivity index (χ0n) is 9.21.